The second kappa shape index (κ2) is 9.38. The van der Waals surface area contributed by atoms with Gasteiger partial charge >= 0.3 is 5.63 Å². The summed E-state index contributed by atoms with van der Waals surface area (Å²) < 4.78 is 5.28. The number of amides is 1. The molecule has 0 saturated carbocycles. The average Bonchev–Trinajstić information content (AvgIpc) is 3.24. The van der Waals surface area contributed by atoms with E-state index < -0.39 is 11.5 Å². The number of rotatable bonds is 8. The van der Waals surface area contributed by atoms with Crippen molar-refractivity contribution < 1.29 is 14.3 Å². The third-order valence-corrected chi connectivity index (χ3v) is 5.40. The number of hydrogen-bond donors (Lipinski definition) is 3. The molecule has 152 valence electrons. The number of nitrogens with zero attached hydrogens (tertiary/aromatic N) is 1. The average molecular weight is 413 g/mol. The lowest BCUT2D eigenvalue weighted by Crippen LogP contribution is -2.27. The van der Waals surface area contributed by atoms with Crippen molar-refractivity contribution in [3.05, 3.63) is 62.1 Å². The zero-order valence-electron chi connectivity index (χ0n) is 16.1. The fraction of sp³-hybridized carbons (Fsp3) is 0.286. The van der Waals surface area contributed by atoms with Gasteiger partial charge in [-0.2, -0.15) is 5.10 Å². The topological polar surface area (TPSA) is 118 Å². The number of aromatic hydroxyl groups is 1. The van der Waals surface area contributed by atoms with Crippen molar-refractivity contribution in [3.8, 4) is 5.75 Å². The molecular formula is C21H23N3O4S. The van der Waals surface area contributed by atoms with Crippen LogP contribution in [0.3, 0.4) is 0 Å². The second-order valence-corrected chi connectivity index (χ2v) is 7.64. The van der Waals surface area contributed by atoms with E-state index in [1.807, 2.05) is 0 Å². The van der Waals surface area contributed by atoms with Crippen molar-refractivity contribution in [2.45, 2.75) is 39.0 Å². The van der Waals surface area contributed by atoms with E-state index in [0.717, 1.165) is 37.7 Å². The molecular weight excluding hydrogens is 390 g/mol. The Labute approximate surface area is 171 Å². The van der Waals surface area contributed by atoms with Crippen LogP contribution in [0.2, 0.25) is 0 Å². The molecule has 0 saturated heterocycles. The van der Waals surface area contributed by atoms with Crippen LogP contribution in [0.1, 0.15) is 53.4 Å². The quantitative estimate of drug-likeness (QED) is 0.171. The van der Waals surface area contributed by atoms with Crippen molar-refractivity contribution >= 4 is 34.0 Å². The number of phenolic OH excluding ortho intramolecular Hbond substituents is 1. The molecule has 0 fully saturated rings. The normalized spacial score (nSPS) is 11.7. The molecule has 3 rings (SSSR count). The Bertz CT molecular complexity index is 1090. The van der Waals surface area contributed by atoms with E-state index in [0.29, 0.717) is 10.3 Å². The lowest BCUT2D eigenvalue weighted by Gasteiger charge is -2.08. The molecule has 29 heavy (non-hydrogen) atoms. The number of carbonyl (C=O) groups excluding carboxylic acids is 1. The Hall–Kier alpha value is -3.13. The number of nitrogens with one attached hydrogen (secondary N) is 1. The molecule has 8 heteroatoms. The summed E-state index contributed by atoms with van der Waals surface area (Å²) in [5.74, 6) is -0.453. The molecule has 2 aromatic heterocycles. The minimum absolute atomic E-state index is 0.0478. The van der Waals surface area contributed by atoms with E-state index in [1.165, 1.54) is 17.4 Å². The van der Waals surface area contributed by atoms with Gasteiger partial charge in [-0.1, -0.05) is 32.3 Å². The van der Waals surface area contributed by atoms with Crippen LogP contribution in [-0.2, 0) is 6.42 Å². The van der Waals surface area contributed by atoms with Crippen LogP contribution in [0.15, 0.2) is 50.0 Å². The zero-order chi connectivity index (χ0) is 20.8. The minimum Gasteiger partial charge on any atom is -0.508 e. The Kier molecular flexibility index (Phi) is 6.66. The van der Waals surface area contributed by atoms with E-state index in [-0.39, 0.29) is 22.7 Å². The van der Waals surface area contributed by atoms with Crippen LogP contribution in [0.4, 0.5) is 0 Å². The fourth-order valence-corrected chi connectivity index (χ4v) is 3.57. The molecule has 0 radical (unpaired) electrons. The van der Waals surface area contributed by atoms with Gasteiger partial charge in [-0.25, -0.2) is 10.2 Å². The third-order valence-electron chi connectivity index (χ3n) is 4.53. The molecule has 0 bridgehead atoms. The van der Waals surface area contributed by atoms with Crippen molar-refractivity contribution in [2.75, 3.05) is 0 Å². The van der Waals surface area contributed by atoms with Crippen molar-refractivity contribution in [2.24, 2.45) is 10.8 Å². The number of hydrogen-bond acceptors (Lipinski definition) is 6. The Balaban J connectivity index is 1.84. The Morgan fingerprint density at radius 2 is 2.10 bits per heavy atom. The SMILES string of the molecule is CCCCCCc1cc2cc(/C(N)=N/NC(=O)c3cccs3)c(=O)oc2cc1O. The minimum atomic E-state index is -0.695. The van der Waals surface area contributed by atoms with Crippen LogP contribution < -0.4 is 16.8 Å². The largest absolute Gasteiger partial charge is 0.508 e. The van der Waals surface area contributed by atoms with E-state index in [4.69, 9.17) is 10.2 Å². The van der Waals surface area contributed by atoms with Crippen LogP contribution >= 0.6 is 11.3 Å². The van der Waals surface area contributed by atoms with Gasteiger partial charge in [-0.05, 0) is 42.0 Å². The summed E-state index contributed by atoms with van der Waals surface area (Å²) in [5.41, 5.74) is 8.64. The van der Waals surface area contributed by atoms with Crippen molar-refractivity contribution in [3.63, 3.8) is 0 Å². The number of nitrogens with two attached hydrogens (primary N) is 1. The van der Waals surface area contributed by atoms with Gasteiger partial charge in [0.2, 0.25) is 0 Å². The first-order valence-corrected chi connectivity index (χ1v) is 10.3. The highest BCUT2D eigenvalue weighted by Gasteiger charge is 2.13. The molecule has 0 aliphatic carbocycles. The first kappa shape index (κ1) is 20.6. The summed E-state index contributed by atoms with van der Waals surface area (Å²) in [6.07, 6.45) is 5.08. The van der Waals surface area contributed by atoms with Crippen LogP contribution in [0.5, 0.6) is 5.75 Å². The number of carbonyl (C=O) groups is 1. The fourth-order valence-electron chi connectivity index (χ4n) is 2.96. The molecule has 0 aliphatic rings. The number of benzene rings is 1. The summed E-state index contributed by atoms with van der Waals surface area (Å²) in [5, 5.41) is 16.4. The van der Waals surface area contributed by atoms with E-state index in [1.54, 1.807) is 29.6 Å². The molecule has 0 atom stereocenters. The summed E-state index contributed by atoms with van der Waals surface area (Å²) in [4.78, 5) is 24.7. The summed E-state index contributed by atoms with van der Waals surface area (Å²) in [6.45, 7) is 2.14. The van der Waals surface area contributed by atoms with Crippen LogP contribution in [-0.4, -0.2) is 16.8 Å². The number of fused-ring (bicyclic) bond motifs is 1. The number of unbranched alkanes of at least 4 members (excludes halogenated alkanes) is 3. The van der Waals surface area contributed by atoms with Gasteiger partial charge in [0.15, 0.2) is 5.84 Å². The molecule has 1 amide bonds. The van der Waals surface area contributed by atoms with Gasteiger partial charge in [0, 0.05) is 11.5 Å². The van der Waals surface area contributed by atoms with Crippen LogP contribution in [0.25, 0.3) is 11.0 Å². The van der Waals surface area contributed by atoms with Gasteiger partial charge < -0.3 is 15.3 Å². The summed E-state index contributed by atoms with van der Waals surface area (Å²) in [6, 6.07) is 8.21. The predicted octanol–water partition coefficient (Wildman–Crippen LogP) is 3.73. The smallest absolute Gasteiger partial charge is 0.347 e. The molecule has 3 aromatic rings. The molecule has 0 spiro atoms. The summed E-state index contributed by atoms with van der Waals surface area (Å²) in [7, 11) is 0. The van der Waals surface area contributed by atoms with Crippen molar-refractivity contribution in [1.29, 1.82) is 0 Å². The van der Waals surface area contributed by atoms with Gasteiger partial charge in [-0.15, -0.1) is 11.3 Å². The zero-order valence-corrected chi connectivity index (χ0v) is 16.9. The number of hydrazone groups is 1. The number of phenols is 1. The highest BCUT2D eigenvalue weighted by atomic mass is 32.1. The summed E-state index contributed by atoms with van der Waals surface area (Å²) >= 11 is 1.27. The van der Waals surface area contributed by atoms with Gasteiger partial charge in [0.1, 0.15) is 16.9 Å². The second-order valence-electron chi connectivity index (χ2n) is 6.69. The maximum absolute atomic E-state index is 12.3. The monoisotopic (exact) mass is 413 g/mol. The van der Waals surface area contributed by atoms with Crippen molar-refractivity contribution in [1.82, 2.24) is 5.43 Å². The van der Waals surface area contributed by atoms with Gasteiger partial charge in [0.25, 0.3) is 5.91 Å². The number of thiophene rings is 1. The molecule has 2 heterocycles. The Morgan fingerprint density at radius 1 is 1.28 bits per heavy atom. The van der Waals surface area contributed by atoms with E-state index in [2.05, 4.69) is 17.5 Å². The number of aryl methyl sites for hydroxylation is 1. The maximum Gasteiger partial charge on any atom is 0.347 e. The first-order valence-electron chi connectivity index (χ1n) is 9.46. The molecule has 4 N–H and O–H groups in total. The Morgan fingerprint density at radius 3 is 2.83 bits per heavy atom. The molecule has 7 nitrogen and oxygen atoms in total. The number of amidine groups is 1. The highest BCUT2D eigenvalue weighted by Crippen LogP contribution is 2.26. The lowest BCUT2D eigenvalue weighted by molar-refractivity contribution is 0.0959. The van der Waals surface area contributed by atoms with Crippen LogP contribution in [0, 0.1) is 0 Å². The molecule has 1 aromatic carbocycles. The lowest BCUT2D eigenvalue weighted by atomic mass is 10.0. The molecule has 0 aliphatic heterocycles. The standard InChI is InChI=1S/C21H23N3O4S/c1-2-3-4-5-7-13-10-14-11-15(21(27)28-17(14)12-16(13)25)19(22)23-24-20(26)18-8-6-9-29-18/h6,8-12,25H,2-5,7H2,1H3,(H2,22,23)(H,24,26). The van der Waals surface area contributed by atoms with E-state index >= 15 is 0 Å². The third kappa shape index (κ3) is 5.03. The highest BCUT2D eigenvalue weighted by molar-refractivity contribution is 7.12. The maximum atomic E-state index is 12.3. The van der Waals surface area contributed by atoms with Gasteiger partial charge in [0.05, 0.1) is 4.88 Å². The van der Waals surface area contributed by atoms with Gasteiger partial charge in [-0.3, -0.25) is 4.79 Å². The van der Waals surface area contributed by atoms with E-state index in [9.17, 15) is 14.7 Å². The predicted molar refractivity (Wildman–Crippen MR) is 115 cm³/mol. The molecule has 0 unspecified atom stereocenters. The first-order chi connectivity index (χ1) is 14.0.